The number of hydrogen-bond donors (Lipinski definition) is 4. The Bertz CT molecular complexity index is 1810. The maximum Gasteiger partial charge on any atom is 0.376 e. The molecule has 4 aromatic rings. The van der Waals surface area contributed by atoms with E-state index in [1.165, 1.54) is 14.2 Å². The van der Waals surface area contributed by atoms with Crippen molar-refractivity contribution in [1.82, 2.24) is 0 Å². The molecule has 2 aromatic carbocycles. The molecule has 0 radical (unpaired) electrons. The molecule has 0 saturated heterocycles. The third kappa shape index (κ3) is 11.2. The zero-order chi connectivity index (χ0) is 36.7. The van der Waals surface area contributed by atoms with Crippen molar-refractivity contribution in [1.29, 1.82) is 0 Å². The van der Waals surface area contributed by atoms with Gasteiger partial charge in [-0.15, -0.1) is 0 Å². The molecule has 0 aliphatic rings. The van der Waals surface area contributed by atoms with E-state index in [-0.39, 0.29) is 41.2 Å². The van der Waals surface area contributed by atoms with Crippen molar-refractivity contribution in [2.24, 2.45) is 0 Å². The Labute approximate surface area is 298 Å². The van der Waals surface area contributed by atoms with E-state index >= 15 is 0 Å². The predicted octanol–water partition coefficient (Wildman–Crippen LogP) is 9.92. The lowest BCUT2D eigenvalue weighted by atomic mass is 9.93. The lowest BCUT2D eigenvalue weighted by Gasteiger charge is -2.13. The third-order valence-corrected chi connectivity index (χ3v) is 7.33. The number of urea groups is 2. The van der Waals surface area contributed by atoms with Crippen LogP contribution in [-0.2, 0) is 20.3 Å². The summed E-state index contributed by atoms with van der Waals surface area (Å²) in [6.45, 7) is 15.5. The average Bonchev–Trinajstić information content (AvgIpc) is 3.64. The Morgan fingerprint density at radius 2 is 1.02 bits per heavy atom. The Balaban J connectivity index is 0.000000340. The number of carbonyl (C=O) groups excluding carboxylic acids is 4. The van der Waals surface area contributed by atoms with E-state index < -0.39 is 24.0 Å². The van der Waals surface area contributed by atoms with Crippen LogP contribution in [0.3, 0.4) is 0 Å². The first-order valence-electron chi connectivity index (χ1n) is 15.3. The van der Waals surface area contributed by atoms with Crippen LogP contribution in [0, 0.1) is 13.8 Å². The number of rotatable bonds is 6. The molecule has 0 aliphatic heterocycles. The summed E-state index contributed by atoms with van der Waals surface area (Å²) < 4.78 is 20.6. The number of furan rings is 2. The van der Waals surface area contributed by atoms with Crippen molar-refractivity contribution in [3.8, 4) is 0 Å². The fraction of sp³-hybridized carbons (Fsp3) is 0.351. The lowest BCUT2D eigenvalue weighted by molar-refractivity contribution is 0.0554. The van der Waals surface area contributed by atoms with E-state index in [9.17, 15) is 19.2 Å². The van der Waals surface area contributed by atoms with Crippen LogP contribution in [0.5, 0.6) is 0 Å². The van der Waals surface area contributed by atoms with Gasteiger partial charge in [-0.2, -0.15) is 0 Å². The number of nitrogens with one attached hydrogen (secondary N) is 4. The van der Waals surface area contributed by atoms with Gasteiger partial charge < -0.3 is 39.6 Å². The molecule has 4 amide bonds. The minimum Gasteiger partial charge on any atom is -0.463 e. The zero-order valence-corrected chi connectivity index (χ0v) is 30.1. The maximum atomic E-state index is 12.2. The molecule has 4 N–H and O–H groups in total. The first-order chi connectivity index (χ1) is 22.8. The molecule has 13 heteroatoms. The molecule has 2 aromatic heterocycles. The first-order valence-corrected chi connectivity index (χ1v) is 15.6. The van der Waals surface area contributed by atoms with Crippen molar-refractivity contribution in [3.05, 3.63) is 93.8 Å². The van der Waals surface area contributed by atoms with Crippen molar-refractivity contribution >= 4 is 58.4 Å². The Kier molecular flexibility index (Phi) is 13.9. The van der Waals surface area contributed by atoms with Crippen LogP contribution >= 0.6 is 11.6 Å². The highest BCUT2D eigenvalue weighted by Crippen LogP contribution is 2.32. The van der Waals surface area contributed by atoms with Gasteiger partial charge in [0.1, 0.15) is 11.5 Å². The van der Waals surface area contributed by atoms with Gasteiger partial charge in [-0.05, 0) is 43.7 Å². The minimum absolute atomic E-state index is 0. The van der Waals surface area contributed by atoms with Gasteiger partial charge in [0.05, 0.1) is 25.6 Å². The van der Waals surface area contributed by atoms with Gasteiger partial charge in [0.2, 0.25) is 11.5 Å². The van der Waals surface area contributed by atoms with Crippen LogP contribution in [0.2, 0.25) is 5.02 Å². The lowest BCUT2D eigenvalue weighted by Crippen LogP contribution is -2.20. The van der Waals surface area contributed by atoms with E-state index in [2.05, 4.69) is 21.3 Å². The highest BCUT2D eigenvalue weighted by molar-refractivity contribution is 6.31. The van der Waals surface area contributed by atoms with Crippen molar-refractivity contribution < 1.29 is 37.5 Å². The van der Waals surface area contributed by atoms with Crippen LogP contribution < -0.4 is 21.3 Å². The number of anilines is 4. The maximum absolute atomic E-state index is 12.2. The third-order valence-electron chi connectivity index (χ3n) is 6.92. The van der Waals surface area contributed by atoms with Gasteiger partial charge in [0.15, 0.2) is 0 Å². The number of aryl methyl sites for hydroxylation is 2. The van der Waals surface area contributed by atoms with Gasteiger partial charge >= 0.3 is 24.0 Å². The predicted molar refractivity (Wildman–Crippen MR) is 197 cm³/mol. The molecule has 0 aliphatic carbocycles. The summed E-state index contributed by atoms with van der Waals surface area (Å²) >= 11 is 6.05. The van der Waals surface area contributed by atoms with Gasteiger partial charge in [0.25, 0.3) is 0 Å². The SMILES string of the molecule is C.COC(=O)c1oc(C(C)(C)C)cc1NC(=O)Nc1ccc(C)c(Cl)c1.COC(=O)c1oc(C(C)(C)C)cc1NC(=O)Nc1ccc(C)cc1. The smallest absolute Gasteiger partial charge is 0.376 e. The Morgan fingerprint density at radius 1 is 0.620 bits per heavy atom. The average molecular weight is 711 g/mol. The highest BCUT2D eigenvalue weighted by atomic mass is 35.5. The van der Waals surface area contributed by atoms with E-state index in [0.717, 1.165) is 11.1 Å². The second-order valence-electron chi connectivity index (χ2n) is 13.2. The van der Waals surface area contributed by atoms with E-state index in [4.69, 9.17) is 29.9 Å². The number of methoxy groups -OCH3 is 2. The molecule has 0 saturated carbocycles. The van der Waals surface area contributed by atoms with Gasteiger partial charge in [-0.25, -0.2) is 19.2 Å². The van der Waals surface area contributed by atoms with Crippen LogP contribution in [0.15, 0.2) is 63.4 Å². The van der Waals surface area contributed by atoms with Crippen LogP contribution in [-0.4, -0.2) is 38.2 Å². The molecule has 2 heterocycles. The van der Waals surface area contributed by atoms with E-state index in [1.807, 2.05) is 67.5 Å². The molecule has 0 atom stereocenters. The number of hydrogen-bond acceptors (Lipinski definition) is 8. The van der Waals surface area contributed by atoms with Crippen molar-refractivity contribution in [2.45, 2.75) is 73.6 Å². The summed E-state index contributed by atoms with van der Waals surface area (Å²) in [4.78, 5) is 48.2. The molecular formula is C37H47ClN4O8. The molecule has 0 fully saturated rings. The van der Waals surface area contributed by atoms with Gasteiger partial charge in [0, 0.05) is 39.4 Å². The monoisotopic (exact) mass is 710 g/mol. The normalized spacial score (nSPS) is 10.9. The van der Waals surface area contributed by atoms with Crippen LogP contribution in [0.25, 0.3) is 0 Å². The van der Waals surface area contributed by atoms with Crippen molar-refractivity contribution in [3.63, 3.8) is 0 Å². The summed E-state index contributed by atoms with van der Waals surface area (Å²) in [5.74, 6) is -0.249. The first kappa shape index (κ1) is 40.9. The van der Waals surface area contributed by atoms with E-state index in [1.54, 1.807) is 42.5 Å². The molecule has 4 rings (SSSR count). The quantitative estimate of drug-likeness (QED) is 0.144. The molecule has 0 unspecified atom stereocenters. The standard InChI is InChI=1S/C18H21ClN2O4.C18H22N2O4.CH4/c1-10-6-7-11(8-12(10)19)20-17(23)21-13-9-14(18(2,3)4)25-15(13)16(22)24-5;1-11-6-8-12(9-7-11)19-17(22)20-13-10-14(18(2,3)4)24-15(13)16(21)23-5;/h6-9H,1-5H3,(H2,20,21,23);6-10H,1-5H3,(H2,19,20,22);1H4. The van der Waals surface area contributed by atoms with E-state index in [0.29, 0.717) is 27.9 Å². The summed E-state index contributed by atoms with van der Waals surface area (Å²) in [6.07, 6.45) is 0. The number of carbonyl (C=O) groups is 4. The summed E-state index contributed by atoms with van der Waals surface area (Å²) in [5.41, 5.74) is 3.07. The second-order valence-corrected chi connectivity index (χ2v) is 13.6. The Morgan fingerprint density at radius 3 is 1.40 bits per heavy atom. The zero-order valence-electron chi connectivity index (χ0n) is 29.3. The molecule has 0 spiro atoms. The summed E-state index contributed by atoms with van der Waals surface area (Å²) in [6, 6.07) is 14.8. The molecule has 50 heavy (non-hydrogen) atoms. The number of benzene rings is 2. The largest absolute Gasteiger partial charge is 0.463 e. The molecule has 12 nitrogen and oxygen atoms in total. The fourth-order valence-corrected chi connectivity index (χ4v) is 4.25. The van der Waals surface area contributed by atoms with Gasteiger partial charge in [-0.1, -0.05) is 84.3 Å². The summed E-state index contributed by atoms with van der Waals surface area (Å²) in [5, 5.41) is 11.2. The number of amides is 4. The Hall–Kier alpha value is -5.23. The van der Waals surface area contributed by atoms with Crippen molar-refractivity contribution in [2.75, 3.05) is 35.5 Å². The topological polar surface area (TPSA) is 161 Å². The fourth-order valence-electron chi connectivity index (χ4n) is 4.07. The summed E-state index contributed by atoms with van der Waals surface area (Å²) in [7, 11) is 2.51. The number of esters is 2. The second kappa shape index (κ2) is 16.9. The number of halogens is 1. The van der Waals surface area contributed by atoms with Gasteiger partial charge in [-0.3, -0.25) is 0 Å². The molecular weight excluding hydrogens is 664 g/mol. The number of ether oxygens (including phenoxy) is 2. The highest BCUT2D eigenvalue weighted by Gasteiger charge is 2.28. The van der Waals surface area contributed by atoms with Crippen LogP contribution in [0.1, 0.15) is 92.7 Å². The molecule has 0 bridgehead atoms. The molecule has 270 valence electrons. The van der Waals surface area contributed by atoms with Crippen LogP contribution in [0.4, 0.5) is 32.3 Å². The minimum atomic E-state index is -0.663.